The lowest BCUT2D eigenvalue weighted by Gasteiger charge is -2.37. The van der Waals surface area contributed by atoms with Gasteiger partial charge in [-0.3, -0.25) is 4.98 Å². The number of pyridine rings is 1. The Hall–Kier alpha value is -1.46. The topological polar surface area (TPSA) is 42.1 Å². The van der Waals surface area contributed by atoms with Crippen molar-refractivity contribution in [1.29, 1.82) is 0 Å². The zero-order valence-corrected chi connectivity index (χ0v) is 14.1. The van der Waals surface area contributed by atoms with Crippen LogP contribution in [0.3, 0.4) is 0 Å². The molecule has 110 valence electrons. The molecule has 0 saturated carbocycles. The summed E-state index contributed by atoms with van der Waals surface area (Å²) in [4.78, 5) is 8.85. The van der Waals surface area contributed by atoms with Crippen LogP contribution in [0.5, 0.6) is 0 Å². The average Bonchev–Trinajstić information content (AvgIpc) is 2.86. The van der Waals surface area contributed by atoms with Crippen molar-refractivity contribution >= 4 is 34.2 Å². The molecule has 0 bridgehead atoms. The van der Waals surface area contributed by atoms with Crippen molar-refractivity contribution in [2.45, 2.75) is 33.2 Å². The van der Waals surface area contributed by atoms with E-state index in [1.165, 1.54) is 10.4 Å². The van der Waals surface area contributed by atoms with Crippen molar-refractivity contribution in [3.63, 3.8) is 0 Å². The van der Waals surface area contributed by atoms with Crippen molar-refractivity contribution in [3.05, 3.63) is 44.9 Å². The second-order valence-electron chi connectivity index (χ2n) is 5.53. The van der Waals surface area contributed by atoms with Crippen LogP contribution in [0.1, 0.15) is 40.4 Å². The van der Waals surface area contributed by atoms with E-state index in [1.54, 1.807) is 0 Å². The SMILES string of the molecule is Cc1cc(N2CCc3sccc3C2C)c(C(N)=S)c(C)n1. The molecule has 3 rings (SSSR count). The Morgan fingerprint density at radius 3 is 2.95 bits per heavy atom. The number of nitrogens with zero attached hydrogens (tertiary/aromatic N) is 2. The number of fused-ring (bicyclic) bond motifs is 1. The summed E-state index contributed by atoms with van der Waals surface area (Å²) < 4.78 is 0. The lowest BCUT2D eigenvalue weighted by Crippen LogP contribution is -2.35. The molecule has 0 aromatic carbocycles. The Morgan fingerprint density at radius 1 is 1.48 bits per heavy atom. The molecule has 1 unspecified atom stereocenters. The highest BCUT2D eigenvalue weighted by Gasteiger charge is 2.27. The van der Waals surface area contributed by atoms with E-state index in [-0.39, 0.29) is 0 Å². The quantitative estimate of drug-likeness (QED) is 0.861. The molecule has 5 heteroatoms. The molecule has 2 N–H and O–H groups in total. The predicted molar refractivity (Wildman–Crippen MR) is 93.4 cm³/mol. The number of aromatic nitrogens is 1. The summed E-state index contributed by atoms with van der Waals surface area (Å²) in [6, 6.07) is 4.68. The minimum Gasteiger partial charge on any atom is -0.389 e. The van der Waals surface area contributed by atoms with Gasteiger partial charge in [-0.25, -0.2) is 0 Å². The molecule has 0 saturated heterocycles. The second kappa shape index (κ2) is 5.39. The first-order valence-corrected chi connectivity index (χ1v) is 8.38. The van der Waals surface area contributed by atoms with Crippen LogP contribution in [0.15, 0.2) is 17.5 Å². The first-order chi connectivity index (χ1) is 9.99. The molecule has 1 aliphatic rings. The molecule has 21 heavy (non-hydrogen) atoms. The van der Waals surface area contributed by atoms with E-state index < -0.39 is 0 Å². The fraction of sp³-hybridized carbons (Fsp3) is 0.375. The summed E-state index contributed by atoms with van der Waals surface area (Å²) in [5.41, 5.74) is 11.3. The molecule has 3 heterocycles. The molecular formula is C16H19N3S2. The van der Waals surface area contributed by atoms with E-state index in [9.17, 15) is 0 Å². The van der Waals surface area contributed by atoms with Gasteiger partial charge >= 0.3 is 0 Å². The standard InChI is InChI=1S/C16H19N3S2/c1-9-8-13(15(16(17)20)10(2)18-9)19-6-4-14-12(11(19)3)5-7-21-14/h5,7-8,11H,4,6H2,1-3H3,(H2,17,20). The highest BCUT2D eigenvalue weighted by molar-refractivity contribution is 7.80. The number of nitrogens with two attached hydrogens (primary N) is 1. The van der Waals surface area contributed by atoms with E-state index in [2.05, 4.69) is 34.3 Å². The van der Waals surface area contributed by atoms with E-state index in [1.807, 2.05) is 25.2 Å². The molecular weight excluding hydrogens is 298 g/mol. The molecule has 0 amide bonds. The Kier molecular flexibility index (Phi) is 3.71. The number of anilines is 1. The third-order valence-electron chi connectivity index (χ3n) is 4.14. The summed E-state index contributed by atoms with van der Waals surface area (Å²) in [7, 11) is 0. The van der Waals surface area contributed by atoms with E-state index >= 15 is 0 Å². The van der Waals surface area contributed by atoms with Crippen LogP contribution in [0.25, 0.3) is 0 Å². The molecule has 0 spiro atoms. The van der Waals surface area contributed by atoms with Gasteiger partial charge in [0.15, 0.2) is 0 Å². The summed E-state index contributed by atoms with van der Waals surface area (Å²) in [6.45, 7) is 7.24. The maximum absolute atomic E-state index is 5.96. The number of thiophene rings is 1. The summed E-state index contributed by atoms with van der Waals surface area (Å²) in [5, 5.41) is 2.18. The van der Waals surface area contributed by atoms with Gasteiger partial charge in [0, 0.05) is 22.8 Å². The zero-order valence-electron chi connectivity index (χ0n) is 12.5. The molecule has 1 aliphatic heterocycles. The van der Waals surface area contributed by atoms with Gasteiger partial charge in [-0.15, -0.1) is 11.3 Å². The number of thiocarbonyl (C=S) groups is 1. The van der Waals surface area contributed by atoms with Crippen molar-refractivity contribution in [3.8, 4) is 0 Å². The summed E-state index contributed by atoms with van der Waals surface area (Å²) in [5.74, 6) is 0. The van der Waals surface area contributed by atoms with Crippen molar-refractivity contribution < 1.29 is 0 Å². The Balaban J connectivity index is 2.11. The largest absolute Gasteiger partial charge is 0.389 e. The Bertz CT molecular complexity index is 706. The first-order valence-electron chi connectivity index (χ1n) is 7.10. The molecule has 1 atom stereocenters. The third kappa shape index (κ3) is 2.45. The van der Waals surface area contributed by atoms with Crippen LogP contribution in [0.4, 0.5) is 5.69 Å². The van der Waals surface area contributed by atoms with Crippen LogP contribution < -0.4 is 10.6 Å². The molecule has 2 aromatic heterocycles. The first kappa shape index (κ1) is 14.5. The lowest BCUT2D eigenvalue weighted by atomic mass is 9.99. The normalized spacial score (nSPS) is 17.7. The van der Waals surface area contributed by atoms with Gasteiger partial charge in [0.25, 0.3) is 0 Å². The highest BCUT2D eigenvalue weighted by atomic mass is 32.1. The van der Waals surface area contributed by atoms with E-state index in [0.29, 0.717) is 11.0 Å². The Labute approximate surface area is 134 Å². The molecule has 0 fully saturated rings. The predicted octanol–water partition coefficient (Wildman–Crippen LogP) is 3.52. The number of aryl methyl sites for hydroxylation is 2. The van der Waals surface area contributed by atoms with Gasteiger partial charge < -0.3 is 10.6 Å². The highest BCUT2D eigenvalue weighted by Crippen LogP contribution is 2.38. The van der Waals surface area contributed by atoms with Crippen LogP contribution in [0, 0.1) is 13.8 Å². The monoisotopic (exact) mass is 317 g/mol. The fourth-order valence-electron chi connectivity index (χ4n) is 3.18. The van der Waals surface area contributed by atoms with Crippen LogP contribution in [0.2, 0.25) is 0 Å². The van der Waals surface area contributed by atoms with Gasteiger partial charge in [-0.05, 0) is 50.3 Å². The molecule has 2 aromatic rings. The maximum Gasteiger partial charge on any atom is 0.107 e. The average molecular weight is 317 g/mol. The summed E-state index contributed by atoms with van der Waals surface area (Å²) >= 11 is 7.12. The fourth-order valence-corrected chi connectivity index (χ4v) is 4.39. The number of hydrogen-bond donors (Lipinski definition) is 1. The van der Waals surface area contributed by atoms with Crippen LogP contribution >= 0.6 is 23.6 Å². The van der Waals surface area contributed by atoms with Gasteiger partial charge in [-0.1, -0.05) is 12.2 Å². The minimum atomic E-state index is 0.342. The third-order valence-corrected chi connectivity index (χ3v) is 5.34. The van der Waals surface area contributed by atoms with E-state index in [0.717, 1.165) is 35.6 Å². The second-order valence-corrected chi connectivity index (χ2v) is 6.97. The van der Waals surface area contributed by atoms with Crippen LogP contribution in [-0.2, 0) is 6.42 Å². The maximum atomic E-state index is 5.96. The minimum absolute atomic E-state index is 0.342. The van der Waals surface area contributed by atoms with Crippen molar-refractivity contribution in [1.82, 2.24) is 4.98 Å². The smallest absolute Gasteiger partial charge is 0.107 e. The Morgan fingerprint density at radius 2 is 2.24 bits per heavy atom. The molecule has 3 nitrogen and oxygen atoms in total. The number of rotatable bonds is 2. The molecule has 0 aliphatic carbocycles. The lowest BCUT2D eigenvalue weighted by molar-refractivity contribution is 0.631. The van der Waals surface area contributed by atoms with Gasteiger partial charge in [-0.2, -0.15) is 0 Å². The van der Waals surface area contributed by atoms with Crippen molar-refractivity contribution in [2.24, 2.45) is 5.73 Å². The van der Waals surface area contributed by atoms with Gasteiger partial charge in [0.05, 0.1) is 17.3 Å². The van der Waals surface area contributed by atoms with Gasteiger partial charge in [0.1, 0.15) is 4.99 Å². The molecule has 0 radical (unpaired) electrons. The number of hydrogen-bond acceptors (Lipinski definition) is 4. The van der Waals surface area contributed by atoms with Crippen molar-refractivity contribution in [2.75, 3.05) is 11.4 Å². The van der Waals surface area contributed by atoms with Crippen LogP contribution in [-0.4, -0.2) is 16.5 Å². The zero-order chi connectivity index (χ0) is 15.1. The van der Waals surface area contributed by atoms with E-state index in [4.69, 9.17) is 18.0 Å². The summed E-state index contributed by atoms with van der Waals surface area (Å²) in [6.07, 6.45) is 1.08. The van der Waals surface area contributed by atoms with Gasteiger partial charge in [0.2, 0.25) is 0 Å².